The van der Waals surface area contributed by atoms with Crippen LogP contribution >= 0.6 is 0 Å². The molecule has 2 unspecified atom stereocenters. The Morgan fingerprint density at radius 3 is 1.69 bits per heavy atom. The van der Waals surface area contributed by atoms with Crippen LogP contribution in [0.5, 0.6) is 0 Å². The van der Waals surface area contributed by atoms with E-state index in [4.69, 9.17) is 57.1 Å². The van der Waals surface area contributed by atoms with Crippen molar-refractivity contribution in [3.8, 4) is 0 Å². The molecule has 284 valence electrons. The van der Waals surface area contributed by atoms with E-state index in [1.165, 1.54) is 0 Å². The second kappa shape index (κ2) is 15.5. The van der Waals surface area contributed by atoms with E-state index in [2.05, 4.69) is 0 Å². The highest BCUT2D eigenvalue weighted by molar-refractivity contribution is 5.91. The zero-order valence-corrected chi connectivity index (χ0v) is 26.6. The quantitative estimate of drug-likeness (QED) is 0.0892. The van der Waals surface area contributed by atoms with Crippen LogP contribution in [0.1, 0.15) is 19.3 Å². The van der Waals surface area contributed by atoms with Crippen molar-refractivity contribution < 1.29 is 79.2 Å². The average molecular weight is 714 g/mol. The molecule has 21 nitrogen and oxygen atoms in total. The minimum Gasteiger partial charge on any atom is -0.394 e. The van der Waals surface area contributed by atoms with E-state index in [-0.39, 0.29) is 25.8 Å². The lowest BCUT2D eigenvalue weighted by Crippen LogP contribution is -2.66. The molecule has 21 heteroatoms. The van der Waals surface area contributed by atoms with E-state index in [0.717, 1.165) is 0 Å². The lowest BCUT2D eigenvalue weighted by atomic mass is 9.76. The summed E-state index contributed by atoms with van der Waals surface area (Å²) < 4.78 is 34.9. The molecule has 0 aromatic carbocycles. The maximum Gasteiger partial charge on any atom is 0.187 e. The lowest BCUT2D eigenvalue weighted by Gasteiger charge is -2.47. The maximum absolute atomic E-state index is 12.9. The van der Waals surface area contributed by atoms with E-state index in [1.807, 2.05) is 0 Å². The fourth-order valence-electron chi connectivity index (χ4n) is 6.97. The van der Waals surface area contributed by atoms with Crippen LogP contribution in [0.2, 0.25) is 0 Å². The second-order valence-electron chi connectivity index (χ2n) is 13.7. The molecule has 3 heterocycles. The number of carbonyl (C=O) groups is 1. The highest BCUT2D eigenvalue weighted by Gasteiger charge is 2.59. The number of rotatable bonds is 12. The molecule has 3 saturated heterocycles. The van der Waals surface area contributed by atoms with Crippen molar-refractivity contribution in [2.24, 2.45) is 34.6 Å². The Bertz CT molecular complexity index is 1130. The summed E-state index contributed by atoms with van der Waals surface area (Å²) in [5.41, 5.74) is 28.2. The Labute approximate surface area is 280 Å². The Kier molecular flexibility index (Phi) is 12.3. The van der Waals surface area contributed by atoms with Gasteiger partial charge in [0.15, 0.2) is 24.7 Å². The van der Waals surface area contributed by atoms with Gasteiger partial charge in [0.25, 0.3) is 0 Å². The van der Waals surface area contributed by atoms with Crippen molar-refractivity contribution in [1.29, 1.82) is 0 Å². The summed E-state index contributed by atoms with van der Waals surface area (Å²) in [7, 11) is 0. The third-order valence-electron chi connectivity index (χ3n) is 10.3. The van der Waals surface area contributed by atoms with E-state index >= 15 is 0 Å². The molecule has 2 aliphatic carbocycles. The number of hydrogen-bond acceptors (Lipinski definition) is 21. The summed E-state index contributed by atoms with van der Waals surface area (Å²) in [6.07, 6.45) is -22.2. The highest BCUT2D eigenvalue weighted by Crippen LogP contribution is 2.41. The smallest absolute Gasteiger partial charge is 0.187 e. The normalized spacial score (nSPS) is 53.4. The molecule has 0 aromatic rings. The first-order chi connectivity index (χ1) is 23.1. The molecule has 0 spiro atoms. The average Bonchev–Trinajstić information content (AvgIpc) is 3.60. The number of nitrogens with two attached hydrogens (primary N) is 5. The topological polar surface area (TPSA) is 385 Å². The molecular formula is C28H51N5O16. The van der Waals surface area contributed by atoms with Gasteiger partial charge in [-0.1, -0.05) is 0 Å². The second-order valence-corrected chi connectivity index (χ2v) is 13.7. The van der Waals surface area contributed by atoms with E-state index < -0.39 is 147 Å². The predicted octanol–water partition coefficient (Wildman–Crippen LogP) is -9.15. The number of carbonyl (C=O) groups excluding carboxylic acids is 1. The molecule has 5 rings (SSSR count). The van der Waals surface area contributed by atoms with Crippen molar-refractivity contribution in [1.82, 2.24) is 0 Å². The van der Waals surface area contributed by atoms with E-state index in [1.54, 1.807) is 0 Å². The van der Waals surface area contributed by atoms with Crippen molar-refractivity contribution in [2.75, 3.05) is 19.8 Å². The van der Waals surface area contributed by atoms with E-state index in [9.17, 15) is 50.8 Å². The number of hydrogen-bond donors (Lipinski definition) is 14. The fourth-order valence-corrected chi connectivity index (χ4v) is 6.97. The van der Waals surface area contributed by atoms with Crippen LogP contribution in [-0.4, -0.2) is 193 Å². The minimum absolute atomic E-state index is 0.0475. The zero-order chi connectivity index (χ0) is 36.1. The first kappa shape index (κ1) is 39.1. The van der Waals surface area contributed by atoms with Crippen molar-refractivity contribution in [2.45, 2.75) is 141 Å². The molecule has 3 aliphatic heterocycles. The molecule has 0 amide bonds. The predicted molar refractivity (Wildman–Crippen MR) is 159 cm³/mol. The molecule has 0 radical (unpaired) electrons. The largest absolute Gasteiger partial charge is 0.394 e. The summed E-state index contributed by atoms with van der Waals surface area (Å²) in [5, 5.41) is 94.4. The summed E-state index contributed by atoms with van der Waals surface area (Å²) >= 11 is 0. The molecular weight excluding hydrogens is 662 g/mol. The van der Waals surface area contributed by atoms with Crippen LogP contribution in [0.4, 0.5) is 0 Å². The van der Waals surface area contributed by atoms with Crippen molar-refractivity contribution >= 4 is 5.78 Å². The van der Waals surface area contributed by atoms with Crippen LogP contribution in [0.15, 0.2) is 0 Å². The van der Waals surface area contributed by atoms with Gasteiger partial charge in [-0.2, -0.15) is 0 Å². The minimum atomic E-state index is -1.75. The lowest BCUT2D eigenvalue weighted by molar-refractivity contribution is -0.313. The highest BCUT2D eigenvalue weighted by atomic mass is 16.8. The summed E-state index contributed by atoms with van der Waals surface area (Å²) in [5.74, 6) is -1.54. The number of aliphatic hydroxyl groups is 9. The number of Topliss-reactive ketones (excluding diaryl/α,β-unsaturated/α-hetero) is 1. The van der Waals surface area contributed by atoms with Gasteiger partial charge >= 0.3 is 0 Å². The van der Waals surface area contributed by atoms with Crippen LogP contribution in [0.3, 0.4) is 0 Å². The Morgan fingerprint density at radius 2 is 1.16 bits per heavy atom. The summed E-state index contributed by atoms with van der Waals surface area (Å²) in [6, 6.07) is -4.45. The monoisotopic (exact) mass is 713 g/mol. The molecule has 0 aromatic heterocycles. The molecule has 0 bridgehead atoms. The van der Waals surface area contributed by atoms with Crippen LogP contribution in [0.25, 0.3) is 0 Å². The Balaban J connectivity index is 1.36. The van der Waals surface area contributed by atoms with Gasteiger partial charge in [0.1, 0.15) is 72.7 Å². The maximum atomic E-state index is 12.9. The van der Waals surface area contributed by atoms with Crippen molar-refractivity contribution in [3.63, 3.8) is 0 Å². The molecule has 49 heavy (non-hydrogen) atoms. The third kappa shape index (κ3) is 7.54. The fraction of sp³-hybridized carbons (Fsp3) is 0.964. The zero-order valence-electron chi connectivity index (χ0n) is 26.6. The van der Waals surface area contributed by atoms with Gasteiger partial charge < -0.3 is 103 Å². The number of ether oxygens (including phenoxy) is 6. The van der Waals surface area contributed by atoms with Crippen LogP contribution in [0, 0.1) is 5.92 Å². The number of aliphatic hydroxyl groups excluding tert-OH is 8. The SMILES string of the molecule is NC[C@@H]1O[C@H](O[C@H]2[C@@H](O)[C@H](O[C@@H]3[C@@H](O)[C@H](CC(=O)C4(O)CC4N)C[C@H](N)[C@H]3O[C@H]3O[C@H](CO)[C@@H](O)[C@H](O)[C@H]3N)O[C@@H]2CO)[C@H](N)[C@@H](O)[C@@H]1O. The summed E-state index contributed by atoms with van der Waals surface area (Å²) in [6.45, 7) is -1.63. The van der Waals surface area contributed by atoms with Gasteiger partial charge in [-0.3, -0.25) is 4.79 Å². The van der Waals surface area contributed by atoms with Gasteiger partial charge in [-0.05, 0) is 12.3 Å². The van der Waals surface area contributed by atoms with Gasteiger partial charge in [0.2, 0.25) is 0 Å². The van der Waals surface area contributed by atoms with Crippen LogP contribution in [-0.2, 0) is 33.2 Å². The first-order valence-electron chi connectivity index (χ1n) is 16.3. The van der Waals surface area contributed by atoms with Crippen LogP contribution < -0.4 is 28.7 Å². The Morgan fingerprint density at radius 1 is 0.673 bits per heavy atom. The van der Waals surface area contributed by atoms with E-state index in [0.29, 0.717) is 0 Å². The molecule has 2 saturated carbocycles. The number of ketones is 1. The molecule has 5 aliphatic rings. The van der Waals surface area contributed by atoms with Gasteiger partial charge in [0, 0.05) is 31.5 Å². The van der Waals surface area contributed by atoms with Gasteiger partial charge in [-0.25, -0.2) is 0 Å². The molecule has 5 fully saturated rings. The third-order valence-corrected chi connectivity index (χ3v) is 10.3. The van der Waals surface area contributed by atoms with Gasteiger partial charge in [-0.15, -0.1) is 0 Å². The first-order valence-corrected chi connectivity index (χ1v) is 16.3. The molecule has 19 N–H and O–H groups in total. The Hall–Kier alpha value is -1.13. The summed E-state index contributed by atoms with van der Waals surface area (Å²) in [4.78, 5) is 12.9. The standard InChI is InChI=1S/C28H51N5O16/c29-4-9-17(38)19(40)14(32)25(44-9)48-23-11(6-35)46-27(21(23)42)49-24-16(37)7(2-13(36)28(43)3-12(28)31)1-8(30)22(24)47-26-15(33)20(41)18(39)10(5-34)45-26/h7-12,14-27,34-35,37-43H,1-6,29-33H2/t7-,8-,9-,10+,11+,12?,14+,15+,16-,17+,18+,19+,20+,21+,22+,23+,24+,25+,26+,27-,28?/m0/s1. The molecule has 21 atom stereocenters. The van der Waals surface area contributed by atoms with Gasteiger partial charge in [0.05, 0.1) is 31.4 Å². The van der Waals surface area contributed by atoms with Crippen molar-refractivity contribution in [3.05, 3.63) is 0 Å².